The van der Waals surface area contributed by atoms with Gasteiger partial charge in [-0.1, -0.05) is 0 Å². The molecule has 0 saturated heterocycles. The molecule has 2 atom stereocenters. The molecule has 0 bridgehead atoms. The van der Waals surface area contributed by atoms with Gasteiger partial charge in [0.1, 0.15) is 0 Å². The number of benzene rings is 4. The molecule has 0 N–H and O–H groups in total. The van der Waals surface area contributed by atoms with Gasteiger partial charge in [-0.2, -0.15) is 0 Å². The van der Waals surface area contributed by atoms with Gasteiger partial charge in [-0.3, -0.25) is 0 Å². The molecule has 0 radical (unpaired) electrons. The fourth-order valence-corrected chi connectivity index (χ4v) is 41.3. The third-order valence-corrected chi connectivity index (χ3v) is 63.0. The van der Waals surface area contributed by atoms with Crippen molar-refractivity contribution in [3.8, 4) is 56.8 Å². The summed E-state index contributed by atoms with van der Waals surface area (Å²) in [6, 6.07) is 21.0. The van der Waals surface area contributed by atoms with Gasteiger partial charge in [0.25, 0.3) is 0 Å². The van der Waals surface area contributed by atoms with Crippen molar-refractivity contribution in [3.05, 3.63) is 94.1 Å². The van der Waals surface area contributed by atoms with E-state index in [-0.39, 0.29) is 7.25 Å². The molecule has 0 aliphatic heterocycles. The summed E-state index contributed by atoms with van der Waals surface area (Å²) in [4.78, 5) is 0. The van der Waals surface area contributed by atoms with Crippen LogP contribution in [-0.4, -0.2) is 48.6 Å². The maximum absolute atomic E-state index is 8.50. The number of ether oxygens (including phenoxy) is 6. The fourth-order valence-electron chi connectivity index (χ4n) is 8.38. The first-order valence-electron chi connectivity index (χ1n) is 16.7. The first-order chi connectivity index (χ1) is 23.9. The molecular weight excluding hydrogens is 767 g/mol. The van der Waals surface area contributed by atoms with Gasteiger partial charge < -0.3 is 0 Å². The molecule has 0 fully saturated rings. The Morgan fingerprint density at radius 3 is 1.16 bits per heavy atom. The van der Waals surface area contributed by atoms with Crippen molar-refractivity contribution < 1.29 is 44.0 Å². The Bertz CT molecular complexity index is 1870. The third-order valence-electron chi connectivity index (χ3n) is 10.7. The van der Waals surface area contributed by atoms with E-state index >= 15 is 0 Å². The quantitative estimate of drug-likeness (QED) is 0.141. The monoisotopic (exact) mass is 809 g/mol. The van der Waals surface area contributed by atoms with Crippen LogP contribution in [0.4, 0.5) is 0 Å². The number of hydrogen-bond acceptors (Lipinski definition) is 6. The summed E-state index contributed by atoms with van der Waals surface area (Å²) in [7, 11) is 26.8. The summed E-state index contributed by atoms with van der Waals surface area (Å²) in [6.45, 7) is 9.13. The summed E-state index contributed by atoms with van der Waals surface area (Å²) in [6.07, 6.45) is 4.60. The van der Waals surface area contributed by atoms with E-state index in [0.29, 0.717) is 34.5 Å². The van der Waals surface area contributed by atoms with Crippen molar-refractivity contribution in [2.45, 2.75) is 34.2 Å². The molecule has 50 heavy (non-hydrogen) atoms. The molecule has 6 nitrogen and oxygen atoms in total. The average Bonchev–Trinajstić information content (AvgIpc) is 3.66. The van der Waals surface area contributed by atoms with Gasteiger partial charge in [0.2, 0.25) is 0 Å². The van der Waals surface area contributed by atoms with Gasteiger partial charge in [0.05, 0.1) is 0 Å². The van der Waals surface area contributed by atoms with Crippen LogP contribution in [0.2, 0.25) is 13.1 Å². The Hall–Kier alpha value is -3.16. The number of methoxy groups -OCH3 is 6. The Morgan fingerprint density at radius 2 is 0.880 bits per heavy atom. The van der Waals surface area contributed by atoms with Gasteiger partial charge in [-0.15, -0.1) is 0 Å². The molecule has 0 aromatic heterocycles. The summed E-state index contributed by atoms with van der Waals surface area (Å²) in [5.74, 6) is 1.82. The van der Waals surface area contributed by atoms with Crippen LogP contribution in [0, 0.1) is 0 Å². The summed E-state index contributed by atoms with van der Waals surface area (Å²) < 4.78 is 34.0. The molecule has 10 heteroatoms. The van der Waals surface area contributed by atoms with E-state index in [0.717, 1.165) is 33.4 Å². The van der Waals surface area contributed by atoms with Gasteiger partial charge in [0.15, 0.2) is 0 Å². The second-order valence-electron chi connectivity index (χ2n) is 13.5. The van der Waals surface area contributed by atoms with Crippen LogP contribution in [0.15, 0.2) is 71.8 Å². The molecule has 263 valence electrons. The first-order valence-corrected chi connectivity index (χ1v) is 33.0. The molecule has 4 aromatic carbocycles. The second-order valence-corrected chi connectivity index (χ2v) is 56.0. The van der Waals surface area contributed by atoms with Gasteiger partial charge in [-0.05, 0) is 0 Å². The maximum atomic E-state index is 8.50. The zero-order valence-corrected chi connectivity index (χ0v) is 35.5. The van der Waals surface area contributed by atoms with Crippen LogP contribution in [0.5, 0.6) is 34.5 Å². The minimum absolute atomic E-state index is 0.0486. The van der Waals surface area contributed by atoms with E-state index in [1.807, 2.05) is 24.3 Å². The van der Waals surface area contributed by atoms with Crippen molar-refractivity contribution >= 4 is 35.1 Å². The molecule has 0 spiro atoms. The van der Waals surface area contributed by atoms with E-state index in [2.05, 4.69) is 75.5 Å². The van der Waals surface area contributed by atoms with E-state index in [4.69, 9.17) is 45.4 Å². The Labute approximate surface area is 304 Å². The molecular formula is C40H45Cl2O6SiZr. The Kier molecular flexibility index (Phi) is 10.1. The van der Waals surface area contributed by atoms with E-state index in [9.17, 15) is 0 Å². The molecule has 4 aromatic rings. The SMILES string of the molecule is COc1cc(-c2cccc3c2C=C(C)[CH]3[Zr]([Cl])([Cl])([CH]2C(C)=Cc3c(-c4cc(OC)c(OC)c(OC)c4)cccc32)[SiH](C)C)cc(OC)c1OC. The van der Waals surface area contributed by atoms with Crippen molar-refractivity contribution in [1.29, 1.82) is 0 Å². The zero-order valence-electron chi connectivity index (χ0n) is 30.4. The van der Waals surface area contributed by atoms with Crippen LogP contribution in [0.25, 0.3) is 34.4 Å². The summed E-state index contributed by atoms with van der Waals surface area (Å²) in [5.41, 5.74) is 11.2. The van der Waals surface area contributed by atoms with E-state index in [1.165, 1.54) is 22.3 Å². The molecule has 2 aliphatic rings. The van der Waals surface area contributed by atoms with Crippen LogP contribution >= 0.6 is 17.0 Å². The van der Waals surface area contributed by atoms with Crippen LogP contribution in [-0.2, 0) is 15.6 Å². The average molecular weight is 812 g/mol. The van der Waals surface area contributed by atoms with Crippen LogP contribution < -0.4 is 28.4 Å². The van der Waals surface area contributed by atoms with Gasteiger partial charge in [-0.25, -0.2) is 0 Å². The number of rotatable bonds is 11. The normalized spacial score (nSPS) is 17.3. The molecule has 2 unspecified atom stereocenters. The predicted molar refractivity (Wildman–Crippen MR) is 206 cm³/mol. The number of halogens is 2. The van der Waals surface area contributed by atoms with Crippen molar-refractivity contribution in [3.63, 3.8) is 0 Å². The summed E-state index contributed by atoms with van der Waals surface area (Å²) in [5, 5.41) is 0. The Morgan fingerprint density at radius 1 is 0.540 bits per heavy atom. The predicted octanol–water partition coefficient (Wildman–Crippen LogP) is 10.7. The van der Waals surface area contributed by atoms with Crippen molar-refractivity contribution in [2.75, 3.05) is 42.7 Å². The molecule has 0 saturated carbocycles. The number of allylic oxidation sites excluding steroid dienone is 2. The van der Waals surface area contributed by atoms with Crippen LogP contribution in [0.1, 0.15) is 43.4 Å². The molecule has 0 amide bonds. The number of hydrogen-bond donors (Lipinski definition) is 0. The third kappa shape index (κ3) is 5.53. The second kappa shape index (κ2) is 13.8. The molecule has 2 aliphatic carbocycles. The van der Waals surface area contributed by atoms with Gasteiger partial charge >= 0.3 is 307 Å². The Balaban J connectivity index is 1.53. The minimum atomic E-state index is -4.92. The number of fused-ring (bicyclic) bond motifs is 2. The topological polar surface area (TPSA) is 55.4 Å². The van der Waals surface area contributed by atoms with Crippen molar-refractivity contribution in [2.24, 2.45) is 0 Å². The first kappa shape index (κ1) is 36.6. The molecule has 0 heterocycles. The van der Waals surface area contributed by atoms with E-state index < -0.39 is 21.5 Å². The molecule has 6 rings (SSSR count). The van der Waals surface area contributed by atoms with Gasteiger partial charge in [0, 0.05) is 0 Å². The summed E-state index contributed by atoms with van der Waals surface area (Å²) >= 11 is -4.92. The van der Waals surface area contributed by atoms with E-state index in [1.54, 1.807) is 42.7 Å². The standard InChI is InChI=1S/2C19H19O3.C2H7Si.2ClH.Zr/c2*1-12-8-13-6-5-7-15(16(13)9-12)14-10-17(20-2)19(22-4)18(11-14)21-3;1-3-2;;;/h2*5-11H,1-4H3;3H,1-2H3;2*1H;/q;;;;;+2/p-2. The zero-order chi connectivity index (χ0) is 36.1. The van der Waals surface area contributed by atoms with Crippen molar-refractivity contribution in [1.82, 2.24) is 0 Å². The van der Waals surface area contributed by atoms with Crippen LogP contribution in [0.3, 0.4) is 0 Å². The fraction of sp³-hybridized carbons (Fsp3) is 0.300.